The molecule has 2 nitrogen and oxygen atoms in total. The van der Waals surface area contributed by atoms with Gasteiger partial charge in [-0.25, -0.2) is 0 Å². The number of aryl methyl sites for hydroxylation is 2. The number of hydrogen-bond donors (Lipinski definition) is 1. The van der Waals surface area contributed by atoms with Gasteiger partial charge in [-0.2, -0.15) is 0 Å². The van der Waals surface area contributed by atoms with Gasteiger partial charge in [-0.15, -0.1) is 0 Å². The van der Waals surface area contributed by atoms with Crippen LogP contribution in [-0.2, 0) is 0 Å². The highest BCUT2D eigenvalue weighted by atomic mass is 15.2. The van der Waals surface area contributed by atoms with Gasteiger partial charge < -0.3 is 5.32 Å². The Bertz CT molecular complexity index is 406. The van der Waals surface area contributed by atoms with E-state index in [1.54, 1.807) is 0 Å². The van der Waals surface area contributed by atoms with Crippen molar-refractivity contribution in [3.63, 3.8) is 0 Å². The SMILES string of the molecule is CNCC1CCN(C(C)c2cc(C)ccc2C)CC1. The van der Waals surface area contributed by atoms with Gasteiger partial charge in [0.1, 0.15) is 0 Å². The molecule has 1 N–H and O–H groups in total. The third kappa shape index (κ3) is 3.58. The Kier molecular flexibility index (Phi) is 5.00. The molecule has 1 atom stereocenters. The van der Waals surface area contributed by atoms with Crippen LogP contribution in [0.1, 0.15) is 42.5 Å². The molecule has 1 aromatic carbocycles. The van der Waals surface area contributed by atoms with E-state index >= 15 is 0 Å². The molecule has 19 heavy (non-hydrogen) atoms. The number of nitrogens with zero attached hydrogens (tertiary/aromatic N) is 1. The number of piperidine rings is 1. The quantitative estimate of drug-likeness (QED) is 0.893. The van der Waals surface area contributed by atoms with Crippen LogP contribution < -0.4 is 5.32 Å². The second-order valence-corrected chi connectivity index (χ2v) is 6.07. The fourth-order valence-corrected chi connectivity index (χ4v) is 3.24. The van der Waals surface area contributed by atoms with Gasteiger partial charge in [0.2, 0.25) is 0 Å². The molecular formula is C17H28N2. The van der Waals surface area contributed by atoms with Crippen LogP contribution in [0.3, 0.4) is 0 Å². The molecule has 0 amide bonds. The standard InChI is InChI=1S/C17H28N2/c1-13-5-6-14(2)17(11-13)15(3)19-9-7-16(8-10-19)12-18-4/h5-6,11,15-16,18H,7-10,12H2,1-4H3. The van der Waals surface area contributed by atoms with Gasteiger partial charge >= 0.3 is 0 Å². The second-order valence-electron chi connectivity index (χ2n) is 6.07. The molecule has 1 aromatic rings. The average molecular weight is 260 g/mol. The third-order valence-corrected chi connectivity index (χ3v) is 4.57. The highest BCUT2D eigenvalue weighted by Crippen LogP contribution is 2.28. The topological polar surface area (TPSA) is 15.3 Å². The first-order chi connectivity index (χ1) is 9.11. The van der Waals surface area contributed by atoms with E-state index < -0.39 is 0 Å². The molecular weight excluding hydrogens is 232 g/mol. The van der Waals surface area contributed by atoms with Crippen molar-refractivity contribution in [3.8, 4) is 0 Å². The van der Waals surface area contributed by atoms with E-state index in [1.165, 1.54) is 49.2 Å². The molecule has 0 saturated carbocycles. The lowest BCUT2D eigenvalue weighted by Gasteiger charge is -2.36. The Labute approximate surface area is 118 Å². The van der Waals surface area contributed by atoms with Gasteiger partial charge in [-0.3, -0.25) is 4.90 Å². The van der Waals surface area contributed by atoms with Crippen LogP contribution in [0.2, 0.25) is 0 Å². The van der Waals surface area contributed by atoms with Crippen molar-refractivity contribution in [1.29, 1.82) is 0 Å². The minimum absolute atomic E-state index is 0.551. The first-order valence-corrected chi connectivity index (χ1v) is 7.57. The highest BCUT2D eigenvalue weighted by molar-refractivity contribution is 5.32. The lowest BCUT2D eigenvalue weighted by atomic mass is 9.93. The fourth-order valence-electron chi connectivity index (χ4n) is 3.24. The summed E-state index contributed by atoms with van der Waals surface area (Å²) in [5, 5.41) is 3.31. The molecule has 1 heterocycles. The molecule has 1 saturated heterocycles. The lowest BCUT2D eigenvalue weighted by molar-refractivity contribution is 0.140. The average Bonchev–Trinajstić information content (AvgIpc) is 2.42. The molecule has 0 aliphatic carbocycles. The summed E-state index contributed by atoms with van der Waals surface area (Å²) in [5.74, 6) is 0.868. The fraction of sp³-hybridized carbons (Fsp3) is 0.647. The molecule has 0 aromatic heterocycles. The number of likely N-dealkylation sites (tertiary alicyclic amines) is 1. The van der Waals surface area contributed by atoms with E-state index in [2.05, 4.69) is 56.2 Å². The van der Waals surface area contributed by atoms with Crippen molar-refractivity contribution in [2.75, 3.05) is 26.7 Å². The molecule has 1 fully saturated rings. The van der Waals surface area contributed by atoms with Crippen molar-refractivity contribution in [2.45, 2.75) is 39.7 Å². The van der Waals surface area contributed by atoms with Crippen LogP contribution in [0.15, 0.2) is 18.2 Å². The van der Waals surface area contributed by atoms with E-state index in [9.17, 15) is 0 Å². The first kappa shape index (κ1) is 14.5. The number of rotatable bonds is 4. The van der Waals surface area contributed by atoms with E-state index in [4.69, 9.17) is 0 Å². The number of nitrogens with one attached hydrogen (secondary N) is 1. The highest BCUT2D eigenvalue weighted by Gasteiger charge is 2.23. The van der Waals surface area contributed by atoms with Gasteiger partial charge in [0.15, 0.2) is 0 Å². The van der Waals surface area contributed by atoms with E-state index in [-0.39, 0.29) is 0 Å². The molecule has 2 rings (SSSR count). The zero-order valence-electron chi connectivity index (χ0n) is 12.9. The van der Waals surface area contributed by atoms with E-state index in [0.29, 0.717) is 6.04 Å². The largest absolute Gasteiger partial charge is 0.319 e. The molecule has 1 unspecified atom stereocenters. The van der Waals surface area contributed by atoms with Crippen molar-refractivity contribution in [1.82, 2.24) is 10.2 Å². The van der Waals surface area contributed by atoms with Crippen LogP contribution in [0.25, 0.3) is 0 Å². The maximum atomic E-state index is 3.31. The Morgan fingerprint density at radius 2 is 1.95 bits per heavy atom. The maximum absolute atomic E-state index is 3.31. The van der Waals surface area contributed by atoms with Crippen LogP contribution >= 0.6 is 0 Å². The maximum Gasteiger partial charge on any atom is 0.0322 e. The summed E-state index contributed by atoms with van der Waals surface area (Å²) in [7, 11) is 2.06. The van der Waals surface area contributed by atoms with Gasteiger partial charge in [-0.1, -0.05) is 23.8 Å². The summed E-state index contributed by atoms with van der Waals surface area (Å²) in [4.78, 5) is 2.65. The van der Waals surface area contributed by atoms with Crippen LogP contribution in [0.5, 0.6) is 0 Å². The zero-order chi connectivity index (χ0) is 13.8. The molecule has 0 spiro atoms. The third-order valence-electron chi connectivity index (χ3n) is 4.57. The van der Waals surface area contributed by atoms with Gasteiger partial charge in [0, 0.05) is 6.04 Å². The van der Waals surface area contributed by atoms with E-state index in [1.807, 2.05) is 0 Å². The minimum Gasteiger partial charge on any atom is -0.319 e. The van der Waals surface area contributed by atoms with Crippen molar-refractivity contribution in [2.24, 2.45) is 5.92 Å². The lowest BCUT2D eigenvalue weighted by Crippen LogP contribution is -2.38. The van der Waals surface area contributed by atoms with Gasteiger partial charge in [0.05, 0.1) is 0 Å². The zero-order valence-corrected chi connectivity index (χ0v) is 12.9. The number of benzene rings is 1. The molecule has 1 aliphatic heterocycles. The number of hydrogen-bond acceptors (Lipinski definition) is 2. The summed E-state index contributed by atoms with van der Waals surface area (Å²) in [6.07, 6.45) is 2.66. The Morgan fingerprint density at radius 1 is 1.26 bits per heavy atom. The normalized spacial score (nSPS) is 19.6. The van der Waals surface area contributed by atoms with Crippen LogP contribution in [0.4, 0.5) is 0 Å². The summed E-state index contributed by atoms with van der Waals surface area (Å²) < 4.78 is 0. The Balaban J connectivity index is 2.01. The van der Waals surface area contributed by atoms with Crippen molar-refractivity contribution in [3.05, 3.63) is 34.9 Å². The predicted octanol–water partition coefficient (Wildman–Crippen LogP) is 3.30. The smallest absolute Gasteiger partial charge is 0.0322 e. The second kappa shape index (κ2) is 6.53. The summed E-state index contributed by atoms with van der Waals surface area (Å²) in [6, 6.07) is 7.38. The molecule has 0 bridgehead atoms. The summed E-state index contributed by atoms with van der Waals surface area (Å²) in [5.41, 5.74) is 4.31. The Hall–Kier alpha value is -0.860. The minimum atomic E-state index is 0.551. The van der Waals surface area contributed by atoms with Crippen LogP contribution in [-0.4, -0.2) is 31.6 Å². The molecule has 2 heteroatoms. The molecule has 1 aliphatic rings. The first-order valence-electron chi connectivity index (χ1n) is 7.57. The summed E-state index contributed by atoms with van der Waals surface area (Å²) >= 11 is 0. The predicted molar refractivity (Wildman–Crippen MR) is 82.6 cm³/mol. The van der Waals surface area contributed by atoms with Crippen LogP contribution in [0, 0.1) is 19.8 Å². The van der Waals surface area contributed by atoms with Gasteiger partial charge in [-0.05, 0) is 77.3 Å². The monoisotopic (exact) mass is 260 g/mol. The molecule has 106 valence electrons. The molecule has 0 radical (unpaired) electrons. The Morgan fingerprint density at radius 3 is 2.58 bits per heavy atom. The van der Waals surface area contributed by atoms with Crippen molar-refractivity contribution >= 4 is 0 Å². The van der Waals surface area contributed by atoms with E-state index in [0.717, 1.165) is 5.92 Å². The summed E-state index contributed by atoms with van der Waals surface area (Å²) in [6.45, 7) is 10.4. The van der Waals surface area contributed by atoms with Gasteiger partial charge in [0.25, 0.3) is 0 Å². The van der Waals surface area contributed by atoms with Crippen molar-refractivity contribution < 1.29 is 0 Å².